The summed E-state index contributed by atoms with van der Waals surface area (Å²) in [5, 5.41) is 1.30. The smallest absolute Gasteiger partial charge is 0.0708 e. The number of piperidine rings is 1. The molecule has 1 aromatic heterocycles. The molecule has 2 aromatic rings. The molecule has 1 aromatic carbocycles. The Bertz CT molecular complexity index is 606. The van der Waals surface area contributed by atoms with E-state index in [4.69, 9.17) is 5.73 Å². The second-order valence-corrected chi connectivity index (χ2v) is 6.26. The molecule has 3 heteroatoms. The van der Waals surface area contributed by atoms with Gasteiger partial charge in [0.05, 0.1) is 5.52 Å². The average molecular weight is 283 g/mol. The second-order valence-electron chi connectivity index (χ2n) is 6.26. The fraction of sp³-hybridized carbons (Fsp3) is 0.500. The number of pyridine rings is 1. The third kappa shape index (κ3) is 3.42. The van der Waals surface area contributed by atoms with Crippen LogP contribution in [0, 0.1) is 12.8 Å². The highest BCUT2D eigenvalue weighted by atomic mass is 15.1. The molecule has 2 heterocycles. The van der Waals surface area contributed by atoms with Crippen molar-refractivity contribution in [3.8, 4) is 0 Å². The molecule has 1 atom stereocenters. The SMILES string of the molecule is Cc1cc(CN2CCCC(CCN)C2)c2ccccc2n1. The lowest BCUT2D eigenvalue weighted by molar-refractivity contribution is 0.163. The molecular formula is C18H25N3. The van der Waals surface area contributed by atoms with Gasteiger partial charge in [-0.25, -0.2) is 0 Å². The summed E-state index contributed by atoms with van der Waals surface area (Å²) in [6, 6.07) is 10.7. The van der Waals surface area contributed by atoms with Crippen LogP contribution in [0.1, 0.15) is 30.5 Å². The molecule has 3 rings (SSSR count). The van der Waals surface area contributed by atoms with Crippen molar-refractivity contribution >= 4 is 10.9 Å². The lowest BCUT2D eigenvalue weighted by Gasteiger charge is -2.33. The van der Waals surface area contributed by atoms with Crippen LogP contribution >= 0.6 is 0 Å². The number of aryl methyl sites for hydroxylation is 1. The van der Waals surface area contributed by atoms with E-state index < -0.39 is 0 Å². The molecule has 0 spiro atoms. The monoisotopic (exact) mass is 283 g/mol. The Morgan fingerprint density at radius 1 is 1.33 bits per heavy atom. The normalized spacial score (nSPS) is 20.0. The maximum Gasteiger partial charge on any atom is 0.0708 e. The van der Waals surface area contributed by atoms with Crippen molar-refractivity contribution in [1.29, 1.82) is 0 Å². The minimum absolute atomic E-state index is 0.776. The summed E-state index contributed by atoms with van der Waals surface area (Å²) in [6.45, 7) is 6.33. The number of nitrogens with two attached hydrogens (primary N) is 1. The Labute approximate surface area is 127 Å². The van der Waals surface area contributed by atoms with Crippen LogP contribution in [0.4, 0.5) is 0 Å². The number of rotatable bonds is 4. The van der Waals surface area contributed by atoms with Gasteiger partial charge in [-0.2, -0.15) is 0 Å². The molecule has 0 radical (unpaired) electrons. The maximum atomic E-state index is 5.72. The Balaban J connectivity index is 1.81. The van der Waals surface area contributed by atoms with Crippen LogP contribution in [0.25, 0.3) is 10.9 Å². The summed E-state index contributed by atoms with van der Waals surface area (Å²) in [7, 11) is 0. The number of hydrogen-bond donors (Lipinski definition) is 1. The Hall–Kier alpha value is -1.45. The zero-order valence-corrected chi connectivity index (χ0v) is 12.9. The van der Waals surface area contributed by atoms with Gasteiger partial charge in [0.25, 0.3) is 0 Å². The second kappa shape index (κ2) is 6.54. The molecule has 2 N–H and O–H groups in total. The number of para-hydroxylation sites is 1. The van der Waals surface area contributed by atoms with Crippen molar-refractivity contribution in [3.05, 3.63) is 41.6 Å². The van der Waals surface area contributed by atoms with Gasteiger partial charge in [0.15, 0.2) is 0 Å². The average Bonchev–Trinajstić information content (AvgIpc) is 2.48. The number of likely N-dealkylation sites (tertiary alicyclic amines) is 1. The third-order valence-corrected chi connectivity index (χ3v) is 4.50. The Morgan fingerprint density at radius 2 is 2.19 bits per heavy atom. The topological polar surface area (TPSA) is 42.1 Å². The van der Waals surface area contributed by atoms with Gasteiger partial charge >= 0.3 is 0 Å². The first-order valence-electron chi connectivity index (χ1n) is 8.04. The van der Waals surface area contributed by atoms with Crippen LogP contribution in [0.15, 0.2) is 30.3 Å². The third-order valence-electron chi connectivity index (χ3n) is 4.50. The van der Waals surface area contributed by atoms with E-state index in [0.29, 0.717) is 0 Å². The summed E-state index contributed by atoms with van der Waals surface area (Å²) < 4.78 is 0. The van der Waals surface area contributed by atoms with Gasteiger partial charge < -0.3 is 5.73 Å². The van der Waals surface area contributed by atoms with Crippen LogP contribution < -0.4 is 5.73 Å². The minimum atomic E-state index is 0.776. The molecule has 1 aliphatic heterocycles. The molecular weight excluding hydrogens is 258 g/mol. The highest BCUT2D eigenvalue weighted by molar-refractivity contribution is 5.82. The summed E-state index contributed by atoms with van der Waals surface area (Å²) in [5.74, 6) is 0.776. The van der Waals surface area contributed by atoms with E-state index in [9.17, 15) is 0 Å². The molecule has 1 aliphatic rings. The molecule has 0 aliphatic carbocycles. The van der Waals surface area contributed by atoms with E-state index in [1.165, 1.54) is 36.9 Å². The first-order chi connectivity index (χ1) is 10.3. The van der Waals surface area contributed by atoms with E-state index in [2.05, 4.69) is 47.1 Å². The summed E-state index contributed by atoms with van der Waals surface area (Å²) in [5.41, 5.74) is 9.36. The van der Waals surface area contributed by atoms with Crippen molar-refractivity contribution in [2.75, 3.05) is 19.6 Å². The van der Waals surface area contributed by atoms with Crippen molar-refractivity contribution in [1.82, 2.24) is 9.88 Å². The van der Waals surface area contributed by atoms with Gasteiger partial charge in [-0.3, -0.25) is 9.88 Å². The van der Waals surface area contributed by atoms with E-state index >= 15 is 0 Å². The van der Waals surface area contributed by atoms with Crippen LogP contribution in [0.5, 0.6) is 0 Å². The molecule has 0 saturated carbocycles. The standard InChI is InChI=1S/C18H25N3/c1-14-11-16(17-6-2-3-7-18(17)20-14)13-21-10-4-5-15(12-21)8-9-19/h2-3,6-7,11,15H,4-5,8-10,12-13,19H2,1H3. The molecule has 1 saturated heterocycles. The highest BCUT2D eigenvalue weighted by Crippen LogP contribution is 2.24. The van der Waals surface area contributed by atoms with Gasteiger partial charge in [0.1, 0.15) is 0 Å². The van der Waals surface area contributed by atoms with Crippen molar-refractivity contribution in [2.24, 2.45) is 11.7 Å². The van der Waals surface area contributed by atoms with E-state index in [0.717, 1.165) is 36.6 Å². The lowest BCUT2D eigenvalue weighted by atomic mass is 9.94. The van der Waals surface area contributed by atoms with Gasteiger partial charge in [-0.05, 0) is 62.9 Å². The number of fused-ring (bicyclic) bond motifs is 1. The number of nitrogens with zero attached hydrogens (tertiary/aromatic N) is 2. The highest BCUT2D eigenvalue weighted by Gasteiger charge is 2.20. The van der Waals surface area contributed by atoms with Crippen molar-refractivity contribution < 1.29 is 0 Å². The van der Waals surface area contributed by atoms with Gasteiger partial charge in [-0.1, -0.05) is 18.2 Å². The molecule has 21 heavy (non-hydrogen) atoms. The summed E-state index contributed by atoms with van der Waals surface area (Å²) in [4.78, 5) is 7.23. The number of aromatic nitrogens is 1. The Morgan fingerprint density at radius 3 is 3.05 bits per heavy atom. The first kappa shape index (κ1) is 14.5. The van der Waals surface area contributed by atoms with Crippen LogP contribution in [0.2, 0.25) is 0 Å². The summed E-state index contributed by atoms with van der Waals surface area (Å²) >= 11 is 0. The van der Waals surface area contributed by atoms with Gasteiger partial charge in [0.2, 0.25) is 0 Å². The molecule has 0 amide bonds. The maximum absolute atomic E-state index is 5.72. The van der Waals surface area contributed by atoms with Gasteiger partial charge in [-0.15, -0.1) is 0 Å². The predicted octanol–water partition coefficient (Wildman–Crippen LogP) is 3.10. The quantitative estimate of drug-likeness (QED) is 0.937. The van der Waals surface area contributed by atoms with Crippen molar-refractivity contribution in [2.45, 2.75) is 32.7 Å². The lowest BCUT2D eigenvalue weighted by Crippen LogP contribution is -2.35. The largest absolute Gasteiger partial charge is 0.330 e. The van der Waals surface area contributed by atoms with Gasteiger partial charge in [0, 0.05) is 24.2 Å². The van der Waals surface area contributed by atoms with E-state index in [1.807, 2.05) is 0 Å². The number of benzene rings is 1. The molecule has 1 fully saturated rings. The van der Waals surface area contributed by atoms with E-state index in [-0.39, 0.29) is 0 Å². The first-order valence-corrected chi connectivity index (χ1v) is 8.04. The fourth-order valence-electron chi connectivity index (χ4n) is 3.53. The zero-order valence-electron chi connectivity index (χ0n) is 12.9. The summed E-state index contributed by atoms with van der Waals surface area (Å²) in [6.07, 6.45) is 3.79. The van der Waals surface area contributed by atoms with Crippen LogP contribution in [0.3, 0.4) is 0 Å². The van der Waals surface area contributed by atoms with E-state index in [1.54, 1.807) is 0 Å². The molecule has 0 bridgehead atoms. The van der Waals surface area contributed by atoms with Crippen molar-refractivity contribution in [3.63, 3.8) is 0 Å². The predicted molar refractivity (Wildman–Crippen MR) is 88.2 cm³/mol. The zero-order chi connectivity index (χ0) is 14.7. The minimum Gasteiger partial charge on any atom is -0.330 e. The molecule has 112 valence electrons. The Kier molecular flexibility index (Phi) is 4.51. The van der Waals surface area contributed by atoms with Crippen LogP contribution in [-0.2, 0) is 6.54 Å². The fourth-order valence-corrected chi connectivity index (χ4v) is 3.53. The molecule has 3 nitrogen and oxygen atoms in total. The molecule has 1 unspecified atom stereocenters. The van der Waals surface area contributed by atoms with Crippen LogP contribution in [-0.4, -0.2) is 29.5 Å². The number of hydrogen-bond acceptors (Lipinski definition) is 3.